The van der Waals surface area contributed by atoms with Crippen LogP contribution in [0.1, 0.15) is 31.2 Å². The molecular formula is C21H25BrF2N2O2S. The van der Waals surface area contributed by atoms with E-state index in [0.717, 1.165) is 23.4 Å². The quantitative estimate of drug-likeness (QED) is 0.618. The van der Waals surface area contributed by atoms with Gasteiger partial charge in [-0.2, -0.15) is 0 Å². The van der Waals surface area contributed by atoms with Gasteiger partial charge in [-0.1, -0.05) is 6.07 Å². The van der Waals surface area contributed by atoms with Gasteiger partial charge in [-0.3, -0.25) is 4.90 Å². The molecule has 4 rings (SSSR count). The van der Waals surface area contributed by atoms with Gasteiger partial charge in [0.2, 0.25) is 0 Å². The number of nitrogens with zero attached hydrogens (tertiary/aromatic N) is 2. The lowest BCUT2D eigenvalue weighted by molar-refractivity contribution is -0.931. The summed E-state index contributed by atoms with van der Waals surface area (Å²) in [5.74, 6) is -1.30. The van der Waals surface area contributed by atoms with Gasteiger partial charge in [0.1, 0.15) is 22.7 Å². The Hall–Kier alpha value is -1.51. The smallest absolute Gasteiger partial charge is 0.415 e. The van der Waals surface area contributed by atoms with Gasteiger partial charge < -0.3 is 26.2 Å². The van der Waals surface area contributed by atoms with Crippen LogP contribution in [0.2, 0.25) is 0 Å². The van der Waals surface area contributed by atoms with E-state index < -0.39 is 17.7 Å². The number of carbonyl (C=O) groups is 1. The van der Waals surface area contributed by atoms with E-state index >= 15 is 0 Å². The highest BCUT2D eigenvalue weighted by Gasteiger charge is 2.50. The second-order valence-corrected chi connectivity index (χ2v) is 9.19. The zero-order valence-corrected chi connectivity index (χ0v) is 18.9. The Morgan fingerprint density at radius 3 is 2.48 bits per heavy atom. The minimum Gasteiger partial charge on any atom is -1.00 e. The molecule has 0 saturated carbocycles. The Labute approximate surface area is 184 Å². The SMILES string of the molecule is C[N+]1(C)C2CCC1CC(OC(=O)N(Cc1ccc(F)cc1F)c1cccs1)C2.[Br-]. The highest BCUT2D eigenvalue weighted by Crippen LogP contribution is 2.41. The molecule has 29 heavy (non-hydrogen) atoms. The topological polar surface area (TPSA) is 29.5 Å². The first-order valence-electron chi connectivity index (χ1n) is 9.63. The first-order valence-corrected chi connectivity index (χ1v) is 10.5. The van der Waals surface area contributed by atoms with Crippen molar-refractivity contribution < 1.29 is 39.8 Å². The largest absolute Gasteiger partial charge is 1.00 e. The number of ether oxygens (including phenoxy) is 1. The maximum Gasteiger partial charge on any atom is 0.415 e. The highest BCUT2D eigenvalue weighted by molar-refractivity contribution is 7.14. The number of amides is 1. The average molecular weight is 487 g/mol. The molecule has 2 unspecified atom stereocenters. The second-order valence-electron chi connectivity index (χ2n) is 8.26. The van der Waals surface area contributed by atoms with E-state index in [1.54, 1.807) is 6.07 Å². The molecule has 0 aliphatic carbocycles. The van der Waals surface area contributed by atoms with E-state index in [0.29, 0.717) is 17.1 Å². The summed E-state index contributed by atoms with van der Waals surface area (Å²) in [6, 6.07) is 8.09. The normalized spacial score (nSPS) is 24.6. The maximum absolute atomic E-state index is 14.2. The molecule has 2 fully saturated rings. The predicted molar refractivity (Wildman–Crippen MR) is 105 cm³/mol. The van der Waals surface area contributed by atoms with E-state index in [1.165, 1.54) is 41.2 Å². The van der Waals surface area contributed by atoms with Crippen LogP contribution < -0.4 is 21.9 Å². The van der Waals surface area contributed by atoms with Crippen LogP contribution in [0.25, 0.3) is 0 Å². The summed E-state index contributed by atoms with van der Waals surface area (Å²) >= 11 is 1.39. The van der Waals surface area contributed by atoms with Crippen LogP contribution in [0.4, 0.5) is 18.6 Å². The monoisotopic (exact) mass is 486 g/mol. The molecule has 2 saturated heterocycles. The van der Waals surface area contributed by atoms with E-state index in [9.17, 15) is 13.6 Å². The molecule has 3 heterocycles. The lowest BCUT2D eigenvalue weighted by Gasteiger charge is -2.44. The molecule has 1 amide bonds. The number of fused-ring (bicyclic) bond motifs is 2. The molecule has 4 nitrogen and oxygen atoms in total. The van der Waals surface area contributed by atoms with Gasteiger partial charge in [-0.15, -0.1) is 11.3 Å². The third kappa shape index (κ3) is 4.49. The summed E-state index contributed by atoms with van der Waals surface area (Å²) in [6.07, 6.45) is 3.47. The van der Waals surface area contributed by atoms with E-state index in [2.05, 4.69) is 14.1 Å². The van der Waals surface area contributed by atoms with E-state index in [1.807, 2.05) is 11.4 Å². The van der Waals surface area contributed by atoms with Crippen molar-refractivity contribution in [3.8, 4) is 0 Å². The van der Waals surface area contributed by atoms with Crippen LogP contribution in [-0.4, -0.2) is 42.9 Å². The van der Waals surface area contributed by atoms with Crippen molar-refractivity contribution in [2.45, 2.75) is 50.4 Å². The first-order chi connectivity index (χ1) is 13.3. The number of benzene rings is 1. The molecule has 0 N–H and O–H groups in total. The first kappa shape index (κ1) is 22.2. The third-order valence-electron chi connectivity index (χ3n) is 6.39. The summed E-state index contributed by atoms with van der Waals surface area (Å²) in [5.41, 5.74) is 0.258. The zero-order chi connectivity index (χ0) is 19.9. The number of carbonyl (C=O) groups excluding carboxylic acids is 1. The summed E-state index contributed by atoms with van der Waals surface area (Å²) < 4.78 is 34.3. The van der Waals surface area contributed by atoms with Gasteiger partial charge in [-0.05, 0) is 23.6 Å². The molecular weight excluding hydrogens is 462 g/mol. The van der Waals surface area contributed by atoms with Crippen molar-refractivity contribution in [3.05, 3.63) is 52.9 Å². The van der Waals surface area contributed by atoms with E-state index in [-0.39, 0.29) is 35.2 Å². The standard InChI is InChI=1S/C21H25F2N2O2S.BrH/c1-25(2)16-7-8-17(25)12-18(11-16)27-21(26)24(20-4-3-9-28-20)13-14-5-6-15(22)10-19(14)23;/h3-6,9-10,16-18H,7-8,11-13H2,1-2H3;1H/q+1;/p-1. The lowest BCUT2D eigenvalue weighted by atomic mass is 9.98. The number of piperidine rings is 1. The Bertz CT molecular complexity index is 846. The van der Waals surface area contributed by atoms with Gasteiger partial charge in [-0.25, -0.2) is 13.6 Å². The van der Waals surface area contributed by atoms with E-state index in [4.69, 9.17) is 4.74 Å². The number of hydrogen-bond donors (Lipinski definition) is 0. The molecule has 0 radical (unpaired) electrons. The third-order valence-corrected chi connectivity index (χ3v) is 7.28. The van der Waals surface area contributed by atoms with Crippen molar-refractivity contribution in [3.63, 3.8) is 0 Å². The summed E-state index contributed by atoms with van der Waals surface area (Å²) in [6.45, 7) is 0.00654. The van der Waals surface area contributed by atoms with Crippen molar-refractivity contribution >= 4 is 22.4 Å². The van der Waals surface area contributed by atoms with Crippen LogP contribution in [0.3, 0.4) is 0 Å². The molecule has 2 aliphatic heterocycles. The van der Waals surface area contributed by atoms with Gasteiger partial charge in [0.25, 0.3) is 0 Å². The van der Waals surface area contributed by atoms with Crippen molar-refractivity contribution in [1.29, 1.82) is 0 Å². The van der Waals surface area contributed by atoms with Gasteiger partial charge >= 0.3 is 6.09 Å². The van der Waals surface area contributed by atoms with Crippen LogP contribution in [0, 0.1) is 11.6 Å². The Balaban J connectivity index is 0.00000240. The van der Waals surface area contributed by atoms with Gasteiger partial charge in [0.05, 0.1) is 32.7 Å². The minimum absolute atomic E-state index is 0. The second kappa shape index (κ2) is 8.70. The summed E-state index contributed by atoms with van der Waals surface area (Å²) in [7, 11) is 4.52. The number of rotatable bonds is 4. The summed E-state index contributed by atoms with van der Waals surface area (Å²) in [5, 5.41) is 2.54. The maximum atomic E-state index is 14.2. The fraction of sp³-hybridized carbons (Fsp3) is 0.476. The number of anilines is 1. The number of halogens is 3. The van der Waals surface area contributed by atoms with Crippen LogP contribution in [0.5, 0.6) is 0 Å². The number of hydrogen-bond acceptors (Lipinski definition) is 3. The fourth-order valence-electron chi connectivity index (χ4n) is 4.61. The minimum atomic E-state index is -0.663. The van der Waals surface area contributed by atoms with Gasteiger partial charge in [0, 0.05) is 37.3 Å². The van der Waals surface area contributed by atoms with Crippen LogP contribution >= 0.6 is 11.3 Å². The molecule has 8 heteroatoms. The predicted octanol–water partition coefficient (Wildman–Crippen LogP) is 1.94. The zero-order valence-electron chi connectivity index (χ0n) is 16.5. The van der Waals surface area contributed by atoms with Crippen molar-refractivity contribution in [2.75, 3.05) is 19.0 Å². The molecule has 158 valence electrons. The molecule has 2 bridgehead atoms. The van der Waals surface area contributed by atoms with Crippen LogP contribution in [-0.2, 0) is 11.3 Å². The van der Waals surface area contributed by atoms with Crippen LogP contribution in [0.15, 0.2) is 35.7 Å². The van der Waals surface area contributed by atoms with Crippen molar-refractivity contribution in [1.82, 2.24) is 0 Å². The molecule has 2 aromatic rings. The molecule has 2 atom stereocenters. The number of thiophene rings is 1. The van der Waals surface area contributed by atoms with Crippen molar-refractivity contribution in [2.24, 2.45) is 0 Å². The number of quaternary nitrogens is 1. The Kier molecular flexibility index (Phi) is 6.65. The average Bonchev–Trinajstić information content (AvgIpc) is 3.17. The fourth-order valence-corrected chi connectivity index (χ4v) is 5.33. The molecule has 0 spiro atoms. The van der Waals surface area contributed by atoms with Gasteiger partial charge in [0.15, 0.2) is 0 Å². The lowest BCUT2D eigenvalue weighted by Crippen LogP contribution is -3.00. The Morgan fingerprint density at radius 2 is 1.90 bits per heavy atom. The molecule has 1 aromatic heterocycles. The molecule has 2 aliphatic rings. The highest BCUT2D eigenvalue weighted by atomic mass is 79.9. The summed E-state index contributed by atoms with van der Waals surface area (Å²) in [4.78, 5) is 14.4. The Morgan fingerprint density at radius 1 is 1.21 bits per heavy atom. The molecule has 1 aromatic carbocycles.